The molecular formula is C12H25NO5S. The molecule has 0 spiro atoms. The van der Waals surface area contributed by atoms with Crippen LogP contribution in [0.2, 0.25) is 0 Å². The Hall–Kier alpha value is -0.660. The van der Waals surface area contributed by atoms with E-state index >= 15 is 0 Å². The van der Waals surface area contributed by atoms with E-state index in [1.807, 2.05) is 13.8 Å². The monoisotopic (exact) mass is 295 g/mol. The molecule has 0 bridgehead atoms. The van der Waals surface area contributed by atoms with Gasteiger partial charge in [-0.3, -0.25) is 4.79 Å². The Morgan fingerprint density at radius 3 is 2.26 bits per heavy atom. The summed E-state index contributed by atoms with van der Waals surface area (Å²) in [6.07, 6.45) is 1.20. The zero-order chi connectivity index (χ0) is 14.9. The molecule has 0 heterocycles. The van der Waals surface area contributed by atoms with Crippen LogP contribution in [-0.2, 0) is 19.6 Å². The molecule has 0 aromatic rings. The van der Waals surface area contributed by atoms with Crippen molar-refractivity contribution in [2.75, 3.05) is 25.5 Å². The molecule has 0 rings (SSSR count). The molecule has 0 aliphatic heterocycles. The molecule has 0 fully saturated rings. The molecule has 0 amide bonds. The third-order valence-corrected chi connectivity index (χ3v) is 4.71. The summed E-state index contributed by atoms with van der Waals surface area (Å²) in [5, 5.41) is 9.35. The lowest BCUT2D eigenvalue weighted by atomic mass is 9.84. The Bertz CT molecular complexity index is 354. The lowest BCUT2D eigenvalue weighted by Gasteiger charge is -2.29. The van der Waals surface area contributed by atoms with Gasteiger partial charge in [0.2, 0.25) is 10.0 Å². The standard InChI is InChI=1S/C12H25NO5S/c1-4-12(5-2,10-14)9-13-19(16,17)8-7-11(15)18-6-3/h13-14H,4-10H2,1-3H3. The summed E-state index contributed by atoms with van der Waals surface area (Å²) in [7, 11) is -3.52. The van der Waals surface area contributed by atoms with Gasteiger partial charge in [-0.2, -0.15) is 0 Å². The highest BCUT2D eigenvalue weighted by atomic mass is 32.2. The molecular weight excluding hydrogens is 270 g/mol. The summed E-state index contributed by atoms with van der Waals surface area (Å²) in [6, 6.07) is 0. The summed E-state index contributed by atoms with van der Waals surface area (Å²) in [6.45, 7) is 5.84. The van der Waals surface area contributed by atoms with E-state index in [9.17, 15) is 18.3 Å². The summed E-state index contributed by atoms with van der Waals surface area (Å²) in [5.41, 5.74) is -0.434. The highest BCUT2D eigenvalue weighted by molar-refractivity contribution is 7.89. The van der Waals surface area contributed by atoms with Crippen LogP contribution in [0, 0.1) is 5.41 Å². The van der Waals surface area contributed by atoms with Gasteiger partial charge in [0.05, 0.1) is 18.8 Å². The summed E-state index contributed by atoms with van der Waals surface area (Å²) < 4.78 is 30.6. The van der Waals surface area contributed by atoms with Crippen LogP contribution >= 0.6 is 0 Å². The molecule has 0 unspecified atom stereocenters. The van der Waals surface area contributed by atoms with Crippen molar-refractivity contribution >= 4 is 16.0 Å². The highest BCUT2D eigenvalue weighted by Crippen LogP contribution is 2.24. The molecule has 2 N–H and O–H groups in total. The maximum atomic E-state index is 11.7. The van der Waals surface area contributed by atoms with E-state index in [0.29, 0.717) is 12.8 Å². The second-order valence-corrected chi connectivity index (χ2v) is 6.49. The number of hydrogen-bond donors (Lipinski definition) is 2. The molecule has 114 valence electrons. The number of hydrogen-bond acceptors (Lipinski definition) is 5. The SMILES string of the molecule is CCOC(=O)CCS(=O)(=O)NCC(CC)(CC)CO. The first-order valence-electron chi connectivity index (χ1n) is 6.58. The molecule has 0 radical (unpaired) electrons. The molecule has 0 saturated heterocycles. The van der Waals surface area contributed by atoms with Gasteiger partial charge >= 0.3 is 5.97 Å². The molecule has 0 atom stereocenters. The van der Waals surface area contributed by atoms with Gasteiger partial charge in [0, 0.05) is 18.6 Å². The van der Waals surface area contributed by atoms with Crippen molar-refractivity contribution in [2.45, 2.75) is 40.0 Å². The first kappa shape index (κ1) is 18.3. The molecule has 0 aromatic heterocycles. The number of ether oxygens (including phenoxy) is 1. The number of aliphatic hydroxyl groups excluding tert-OH is 1. The Morgan fingerprint density at radius 2 is 1.84 bits per heavy atom. The maximum absolute atomic E-state index is 11.7. The summed E-state index contributed by atoms with van der Waals surface area (Å²) in [5.74, 6) is -0.812. The van der Waals surface area contributed by atoms with E-state index in [1.54, 1.807) is 6.92 Å². The second-order valence-electron chi connectivity index (χ2n) is 4.56. The lowest BCUT2D eigenvalue weighted by Crippen LogP contribution is -2.40. The fourth-order valence-electron chi connectivity index (χ4n) is 1.57. The summed E-state index contributed by atoms with van der Waals surface area (Å²) in [4.78, 5) is 11.1. The average Bonchev–Trinajstić information content (AvgIpc) is 2.39. The minimum Gasteiger partial charge on any atom is -0.466 e. The zero-order valence-corrected chi connectivity index (χ0v) is 12.8. The number of nitrogens with one attached hydrogen (secondary N) is 1. The van der Waals surface area contributed by atoms with Crippen molar-refractivity contribution in [1.29, 1.82) is 0 Å². The van der Waals surface area contributed by atoms with Crippen LogP contribution in [0.5, 0.6) is 0 Å². The van der Waals surface area contributed by atoms with Gasteiger partial charge in [-0.1, -0.05) is 13.8 Å². The molecule has 0 aliphatic rings. The van der Waals surface area contributed by atoms with Crippen LogP contribution in [-0.4, -0.2) is 45.0 Å². The van der Waals surface area contributed by atoms with E-state index in [2.05, 4.69) is 9.46 Å². The van der Waals surface area contributed by atoms with Crippen LogP contribution in [0.1, 0.15) is 40.0 Å². The normalized spacial score (nSPS) is 12.4. The van der Waals surface area contributed by atoms with Gasteiger partial charge in [-0.05, 0) is 19.8 Å². The first-order chi connectivity index (χ1) is 8.84. The fraction of sp³-hybridized carbons (Fsp3) is 0.917. The third-order valence-electron chi connectivity index (χ3n) is 3.38. The molecule has 7 heteroatoms. The number of aliphatic hydroxyl groups is 1. The van der Waals surface area contributed by atoms with Gasteiger partial charge in [0.15, 0.2) is 0 Å². The molecule has 6 nitrogen and oxygen atoms in total. The highest BCUT2D eigenvalue weighted by Gasteiger charge is 2.27. The smallest absolute Gasteiger partial charge is 0.306 e. The van der Waals surface area contributed by atoms with Gasteiger partial charge in [0.1, 0.15) is 0 Å². The molecule has 0 aromatic carbocycles. The molecule has 0 saturated carbocycles. The number of carbonyl (C=O) groups is 1. The lowest BCUT2D eigenvalue weighted by molar-refractivity contribution is -0.142. The number of esters is 1. The van der Waals surface area contributed by atoms with Crippen molar-refractivity contribution in [2.24, 2.45) is 5.41 Å². The van der Waals surface area contributed by atoms with Crippen LogP contribution in [0.3, 0.4) is 0 Å². The predicted octanol–water partition coefficient (Wildman–Crippen LogP) is 0.658. The Morgan fingerprint density at radius 1 is 1.26 bits per heavy atom. The van der Waals surface area contributed by atoms with Gasteiger partial charge in [0.25, 0.3) is 0 Å². The van der Waals surface area contributed by atoms with Crippen LogP contribution in [0.15, 0.2) is 0 Å². The number of carbonyl (C=O) groups excluding carboxylic acids is 1. The average molecular weight is 295 g/mol. The maximum Gasteiger partial charge on any atom is 0.306 e. The number of sulfonamides is 1. The van der Waals surface area contributed by atoms with Crippen LogP contribution < -0.4 is 4.72 Å². The predicted molar refractivity (Wildman–Crippen MR) is 73.1 cm³/mol. The Kier molecular flexibility index (Phi) is 8.20. The van der Waals surface area contributed by atoms with Crippen LogP contribution in [0.4, 0.5) is 0 Å². The van der Waals surface area contributed by atoms with Crippen molar-refractivity contribution in [3.05, 3.63) is 0 Å². The fourth-order valence-corrected chi connectivity index (χ4v) is 2.67. The van der Waals surface area contributed by atoms with Gasteiger partial charge in [-0.15, -0.1) is 0 Å². The Balaban J connectivity index is 4.34. The minimum absolute atomic E-state index is 0.0691. The van der Waals surface area contributed by atoms with E-state index in [4.69, 9.17) is 0 Å². The second kappa shape index (κ2) is 8.50. The van der Waals surface area contributed by atoms with E-state index in [-0.39, 0.29) is 31.9 Å². The van der Waals surface area contributed by atoms with E-state index in [1.165, 1.54) is 0 Å². The largest absolute Gasteiger partial charge is 0.466 e. The Labute approximate surface area is 115 Å². The quantitative estimate of drug-likeness (QED) is 0.578. The van der Waals surface area contributed by atoms with Crippen molar-refractivity contribution in [1.82, 2.24) is 4.72 Å². The molecule has 19 heavy (non-hydrogen) atoms. The van der Waals surface area contributed by atoms with Crippen molar-refractivity contribution in [3.8, 4) is 0 Å². The van der Waals surface area contributed by atoms with Gasteiger partial charge in [-0.25, -0.2) is 13.1 Å². The van der Waals surface area contributed by atoms with Gasteiger partial charge < -0.3 is 9.84 Å². The zero-order valence-electron chi connectivity index (χ0n) is 11.9. The number of rotatable bonds is 10. The van der Waals surface area contributed by atoms with Crippen LogP contribution in [0.25, 0.3) is 0 Å². The van der Waals surface area contributed by atoms with Crippen molar-refractivity contribution < 1.29 is 23.1 Å². The van der Waals surface area contributed by atoms with E-state index < -0.39 is 21.4 Å². The molecule has 0 aliphatic carbocycles. The minimum atomic E-state index is -3.52. The first-order valence-corrected chi connectivity index (χ1v) is 8.23. The summed E-state index contributed by atoms with van der Waals surface area (Å²) >= 11 is 0. The topological polar surface area (TPSA) is 92.7 Å². The van der Waals surface area contributed by atoms with Crippen molar-refractivity contribution in [3.63, 3.8) is 0 Å². The third kappa shape index (κ3) is 6.89. The van der Waals surface area contributed by atoms with E-state index in [0.717, 1.165) is 0 Å².